The Labute approximate surface area is 211 Å². The molecule has 0 spiro atoms. The average molecular weight is 520 g/mol. The van der Waals surface area contributed by atoms with Crippen LogP contribution in [0.3, 0.4) is 0 Å². The number of carbonyl (C=O) groups excluding carboxylic acids is 1. The SMILES string of the molecule is COc1cc2c(Nc3ccc(Cl)c(Cl)c3F)ncnc2cc1OC[C@@H]1C[C@@H]2CCCN2C(=O)N1C. The molecule has 5 rings (SSSR count). The maximum Gasteiger partial charge on any atom is 0.320 e. The highest BCUT2D eigenvalue weighted by Crippen LogP contribution is 2.37. The van der Waals surface area contributed by atoms with Gasteiger partial charge in [0.25, 0.3) is 0 Å². The van der Waals surface area contributed by atoms with Gasteiger partial charge < -0.3 is 24.6 Å². The van der Waals surface area contributed by atoms with Crippen molar-refractivity contribution < 1.29 is 18.7 Å². The number of nitrogens with one attached hydrogen (secondary N) is 1. The van der Waals surface area contributed by atoms with Crippen molar-refractivity contribution in [1.82, 2.24) is 19.8 Å². The summed E-state index contributed by atoms with van der Waals surface area (Å²) in [5, 5.41) is 3.51. The molecule has 1 aromatic heterocycles. The topological polar surface area (TPSA) is 79.8 Å². The van der Waals surface area contributed by atoms with Gasteiger partial charge in [0.1, 0.15) is 18.8 Å². The normalized spacial score (nSPS) is 19.7. The number of ether oxygens (including phenoxy) is 2. The Morgan fingerprint density at radius 3 is 2.86 bits per heavy atom. The van der Waals surface area contributed by atoms with Crippen LogP contribution in [0.25, 0.3) is 10.9 Å². The van der Waals surface area contributed by atoms with Crippen LogP contribution >= 0.6 is 23.2 Å². The van der Waals surface area contributed by atoms with Crippen LogP contribution in [0.2, 0.25) is 10.0 Å². The second kappa shape index (κ2) is 9.54. The molecule has 35 heavy (non-hydrogen) atoms. The third-order valence-electron chi connectivity index (χ3n) is 6.66. The molecule has 0 unspecified atom stereocenters. The fourth-order valence-electron chi connectivity index (χ4n) is 4.72. The fraction of sp³-hybridized carbons (Fsp3) is 0.375. The van der Waals surface area contributed by atoms with Crippen LogP contribution in [-0.2, 0) is 0 Å². The van der Waals surface area contributed by atoms with Gasteiger partial charge in [0, 0.05) is 31.1 Å². The summed E-state index contributed by atoms with van der Waals surface area (Å²) in [6, 6.07) is 6.76. The van der Waals surface area contributed by atoms with Gasteiger partial charge in [-0.3, -0.25) is 0 Å². The van der Waals surface area contributed by atoms with Gasteiger partial charge in [-0.1, -0.05) is 23.2 Å². The van der Waals surface area contributed by atoms with Gasteiger partial charge in [0.15, 0.2) is 17.3 Å². The molecule has 2 atom stereocenters. The maximum atomic E-state index is 14.6. The predicted molar refractivity (Wildman–Crippen MR) is 133 cm³/mol. The molecule has 0 aliphatic carbocycles. The summed E-state index contributed by atoms with van der Waals surface area (Å²) in [7, 11) is 3.35. The number of nitrogens with zero attached hydrogens (tertiary/aromatic N) is 4. The molecule has 0 saturated carbocycles. The number of benzene rings is 2. The number of aromatic nitrogens is 2. The molecular formula is C24H24Cl2FN5O3. The zero-order chi connectivity index (χ0) is 24.7. The molecule has 3 heterocycles. The summed E-state index contributed by atoms with van der Waals surface area (Å²) in [5.41, 5.74) is 0.707. The first-order valence-electron chi connectivity index (χ1n) is 11.3. The van der Waals surface area contributed by atoms with Crippen molar-refractivity contribution >= 4 is 51.6 Å². The molecule has 11 heteroatoms. The molecule has 2 aliphatic heterocycles. The van der Waals surface area contributed by atoms with E-state index >= 15 is 0 Å². The zero-order valence-corrected chi connectivity index (χ0v) is 20.7. The lowest BCUT2D eigenvalue weighted by Crippen LogP contribution is -2.56. The minimum Gasteiger partial charge on any atom is -0.493 e. The van der Waals surface area contributed by atoms with Crippen molar-refractivity contribution in [2.24, 2.45) is 0 Å². The summed E-state index contributed by atoms with van der Waals surface area (Å²) in [6.07, 6.45) is 4.31. The molecule has 2 amide bonds. The standard InChI is InChI=1S/C24H24Cl2FN5O3/c1-31-14(8-13-4-3-7-32(13)24(31)33)11-35-20-10-18-15(9-19(20)34-2)23(29-12-28-18)30-17-6-5-16(25)21(26)22(17)27/h5-6,9-10,12-14H,3-4,7-8,11H2,1-2H3,(H,28,29,30)/t13-,14-/m0/s1. The Hall–Kier alpha value is -3.04. The van der Waals surface area contributed by atoms with Gasteiger partial charge >= 0.3 is 6.03 Å². The zero-order valence-electron chi connectivity index (χ0n) is 19.2. The molecule has 2 fully saturated rings. The van der Waals surface area contributed by atoms with Crippen LogP contribution in [0.1, 0.15) is 19.3 Å². The minimum absolute atomic E-state index is 0.0393. The predicted octanol–water partition coefficient (Wildman–Crippen LogP) is 5.50. The Kier molecular flexibility index (Phi) is 6.46. The highest BCUT2D eigenvalue weighted by molar-refractivity contribution is 6.42. The van der Waals surface area contributed by atoms with Crippen LogP contribution in [0.15, 0.2) is 30.6 Å². The van der Waals surface area contributed by atoms with E-state index in [0.717, 1.165) is 25.8 Å². The first kappa shape index (κ1) is 23.7. The van der Waals surface area contributed by atoms with Crippen molar-refractivity contribution in [1.29, 1.82) is 0 Å². The van der Waals surface area contributed by atoms with Crippen LogP contribution < -0.4 is 14.8 Å². The lowest BCUT2D eigenvalue weighted by Gasteiger charge is -2.41. The van der Waals surface area contributed by atoms with Crippen LogP contribution in [-0.4, -0.2) is 65.2 Å². The smallest absolute Gasteiger partial charge is 0.320 e. The van der Waals surface area contributed by atoms with E-state index in [4.69, 9.17) is 32.7 Å². The molecule has 184 valence electrons. The highest BCUT2D eigenvalue weighted by atomic mass is 35.5. The number of halogens is 3. The molecule has 8 nitrogen and oxygen atoms in total. The number of methoxy groups -OCH3 is 1. The third kappa shape index (κ3) is 4.38. The van der Waals surface area contributed by atoms with E-state index in [2.05, 4.69) is 15.3 Å². The quantitative estimate of drug-likeness (QED) is 0.433. The van der Waals surface area contributed by atoms with E-state index in [1.807, 2.05) is 11.9 Å². The fourth-order valence-corrected chi connectivity index (χ4v) is 5.03. The lowest BCUT2D eigenvalue weighted by molar-refractivity contribution is 0.0755. The second-order valence-electron chi connectivity index (χ2n) is 8.67. The molecule has 2 aromatic carbocycles. The van der Waals surface area contributed by atoms with E-state index in [9.17, 15) is 9.18 Å². The molecule has 0 bridgehead atoms. The van der Waals surface area contributed by atoms with E-state index in [1.165, 1.54) is 25.6 Å². The number of anilines is 2. The minimum atomic E-state index is -0.676. The van der Waals surface area contributed by atoms with Crippen LogP contribution in [0, 0.1) is 5.82 Å². The first-order chi connectivity index (χ1) is 16.9. The van der Waals surface area contributed by atoms with Crippen molar-refractivity contribution in [2.75, 3.05) is 32.6 Å². The molecule has 1 N–H and O–H groups in total. The summed E-state index contributed by atoms with van der Waals surface area (Å²) in [4.78, 5) is 25.0. The summed E-state index contributed by atoms with van der Waals surface area (Å²) in [5.74, 6) is 0.665. The molecule has 0 radical (unpaired) electrons. The van der Waals surface area contributed by atoms with E-state index in [-0.39, 0.29) is 33.8 Å². The molecule has 3 aromatic rings. The first-order valence-corrected chi connectivity index (χ1v) is 12.0. The lowest BCUT2D eigenvalue weighted by atomic mass is 10.0. The van der Waals surface area contributed by atoms with Crippen LogP contribution in [0.4, 0.5) is 20.7 Å². The van der Waals surface area contributed by atoms with Crippen molar-refractivity contribution in [2.45, 2.75) is 31.3 Å². The number of rotatable bonds is 6. The Balaban J connectivity index is 1.40. The number of amides is 2. The summed E-state index contributed by atoms with van der Waals surface area (Å²) < 4.78 is 26.3. The number of carbonyl (C=O) groups is 1. The Bertz CT molecular complexity index is 1290. The monoisotopic (exact) mass is 519 g/mol. The summed E-state index contributed by atoms with van der Waals surface area (Å²) in [6.45, 7) is 1.15. The second-order valence-corrected chi connectivity index (χ2v) is 9.46. The van der Waals surface area contributed by atoms with Gasteiger partial charge in [-0.2, -0.15) is 0 Å². The number of hydrogen-bond donors (Lipinski definition) is 1. The third-order valence-corrected chi connectivity index (χ3v) is 7.44. The van der Waals surface area contributed by atoms with Crippen molar-refractivity contribution in [3.8, 4) is 11.5 Å². The maximum absolute atomic E-state index is 14.6. The van der Waals surface area contributed by atoms with Gasteiger partial charge in [-0.15, -0.1) is 0 Å². The molecular weight excluding hydrogens is 496 g/mol. The number of urea groups is 1. The largest absolute Gasteiger partial charge is 0.493 e. The van der Waals surface area contributed by atoms with Gasteiger partial charge in [0.05, 0.1) is 34.4 Å². The highest BCUT2D eigenvalue weighted by Gasteiger charge is 2.40. The average Bonchev–Trinajstić information content (AvgIpc) is 3.34. The van der Waals surface area contributed by atoms with Crippen LogP contribution in [0.5, 0.6) is 11.5 Å². The Morgan fingerprint density at radius 2 is 2.06 bits per heavy atom. The Morgan fingerprint density at radius 1 is 1.23 bits per heavy atom. The van der Waals surface area contributed by atoms with E-state index in [1.54, 1.807) is 17.0 Å². The van der Waals surface area contributed by atoms with Gasteiger partial charge in [-0.25, -0.2) is 19.2 Å². The van der Waals surface area contributed by atoms with Crippen molar-refractivity contribution in [3.05, 3.63) is 46.5 Å². The number of hydrogen-bond acceptors (Lipinski definition) is 6. The number of likely N-dealkylation sites (N-methyl/N-ethyl adjacent to an activating group) is 1. The summed E-state index contributed by atoms with van der Waals surface area (Å²) >= 11 is 11.8. The van der Waals surface area contributed by atoms with E-state index in [0.29, 0.717) is 34.8 Å². The van der Waals surface area contributed by atoms with Gasteiger partial charge in [-0.05, 0) is 37.5 Å². The molecule has 2 saturated heterocycles. The van der Waals surface area contributed by atoms with Gasteiger partial charge in [0.2, 0.25) is 0 Å². The van der Waals surface area contributed by atoms with E-state index < -0.39 is 5.82 Å². The van der Waals surface area contributed by atoms with Crippen molar-refractivity contribution in [3.63, 3.8) is 0 Å². The molecule has 2 aliphatic rings. The number of fused-ring (bicyclic) bond motifs is 2.